The Kier molecular flexibility index (Phi) is 3.73. The van der Waals surface area contributed by atoms with Crippen molar-refractivity contribution in [3.63, 3.8) is 0 Å². The van der Waals surface area contributed by atoms with Crippen LogP contribution in [0.15, 0.2) is 0 Å². The van der Waals surface area contributed by atoms with Gasteiger partial charge in [-0.3, -0.25) is 9.89 Å². The number of hydrogen-bond acceptors (Lipinski definition) is 2. The Morgan fingerprint density at radius 2 is 2.00 bits per heavy atom. The maximum absolute atomic E-state index is 12.2. The number of carbonyl (C=O) groups is 1. The predicted octanol–water partition coefficient (Wildman–Crippen LogP) is 2.73. The average Bonchev–Trinajstić information content (AvgIpc) is 2.67. The molecule has 4 nitrogen and oxygen atoms in total. The normalized spacial score (nSPS) is 18.6. The number of nitrogens with one attached hydrogen (secondary N) is 2. The lowest BCUT2D eigenvalue weighted by Gasteiger charge is -2.33. The number of aromatic amines is 1. The molecular weight excluding hydrogens is 226 g/mol. The van der Waals surface area contributed by atoms with Crippen molar-refractivity contribution in [2.75, 3.05) is 6.54 Å². The highest BCUT2D eigenvalue weighted by Crippen LogP contribution is 2.34. The first-order valence-corrected chi connectivity index (χ1v) is 6.82. The van der Waals surface area contributed by atoms with Gasteiger partial charge in [0.25, 0.3) is 5.91 Å². The molecule has 0 atom stereocenters. The molecule has 18 heavy (non-hydrogen) atoms. The summed E-state index contributed by atoms with van der Waals surface area (Å²) in [6.07, 6.45) is 6.35. The van der Waals surface area contributed by atoms with Crippen LogP contribution >= 0.6 is 0 Å². The fourth-order valence-corrected chi connectivity index (χ4v) is 2.85. The van der Waals surface area contributed by atoms with Crippen molar-refractivity contribution >= 4 is 5.91 Å². The first-order valence-electron chi connectivity index (χ1n) is 6.82. The summed E-state index contributed by atoms with van der Waals surface area (Å²) in [6.45, 7) is 6.80. The zero-order chi connectivity index (χ0) is 13.2. The quantitative estimate of drug-likeness (QED) is 0.865. The predicted molar refractivity (Wildman–Crippen MR) is 71.6 cm³/mol. The third-order valence-corrected chi connectivity index (χ3v) is 4.09. The molecule has 0 saturated heterocycles. The minimum Gasteiger partial charge on any atom is -0.351 e. The van der Waals surface area contributed by atoms with E-state index in [1.54, 1.807) is 0 Å². The third-order valence-electron chi connectivity index (χ3n) is 4.09. The highest BCUT2D eigenvalue weighted by Gasteiger charge is 2.27. The number of aryl methyl sites for hydroxylation is 2. The van der Waals surface area contributed by atoms with Crippen molar-refractivity contribution < 1.29 is 4.79 Å². The maximum Gasteiger partial charge on any atom is 0.255 e. The van der Waals surface area contributed by atoms with E-state index in [0.717, 1.165) is 17.9 Å². The van der Waals surface area contributed by atoms with Crippen LogP contribution in [0.1, 0.15) is 60.8 Å². The molecule has 1 amide bonds. The molecule has 1 aliphatic rings. The molecular formula is C14H23N3O. The molecule has 0 aromatic carbocycles. The van der Waals surface area contributed by atoms with Crippen LogP contribution < -0.4 is 5.32 Å². The Morgan fingerprint density at radius 1 is 1.33 bits per heavy atom. The summed E-state index contributed by atoms with van der Waals surface area (Å²) >= 11 is 0. The molecule has 0 spiro atoms. The van der Waals surface area contributed by atoms with Crippen LogP contribution in [0.3, 0.4) is 0 Å². The summed E-state index contributed by atoms with van der Waals surface area (Å²) in [7, 11) is 0. The van der Waals surface area contributed by atoms with Crippen LogP contribution in [0.2, 0.25) is 0 Å². The highest BCUT2D eigenvalue weighted by molar-refractivity contribution is 5.96. The molecule has 2 rings (SSSR count). The topological polar surface area (TPSA) is 57.8 Å². The summed E-state index contributed by atoms with van der Waals surface area (Å²) in [4.78, 5) is 12.2. The van der Waals surface area contributed by atoms with Crippen molar-refractivity contribution in [1.29, 1.82) is 0 Å². The van der Waals surface area contributed by atoms with Crippen molar-refractivity contribution in [2.45, 2.75) is 52.9 Å². The van der Waals surface area contributed by atoms with E-state index < -0.39 is 0 Å². The molecule has 2 N–H and O–H groups in total. The van der Waals surface area contributed by atoms with Crippen LogP contribution in [-0.4, -0.2) is 22.6 Å². The summed E-state index contributed by atoms with van der Waals surface area (Å²) < 4.78 is 0. The van der Waals surface area contributed by atoms with Gasteiger partial charge in [-0.25, -0.2) is 0 Å². The van der Waals surface area contributed by atoms with Gasteiger partial charge in [-0.15, -0.1) is 0 Å². The molecule has 0 unspecified atom stereocenters. The SMILES string of the molecule is Cc1n[nH]c(C)c1C(=O)NCC1(C)CCCCC1. The minimum atomic E-state index is 0.00514. The molecule has 100 valence electrons. The Morgan fingerprint density at radius 3 is 2.56 bits per heavy atom. The van der Waals surface area contributed by atoms with Crippen LogP contribution in [0.4, 0.5) is 0 Å². The third kappa shape index (κ3) is 2.74. The second-order valence-electron chi connectivity index (χ2n) is 5.86. The number of hydrogen-bond donors (Lipinski definition) is 2. The molecule has 0 bridgehead atoms. The fraction of sp³-hybridized carbons (Fsp3) is 0.714. The second kappa shape index (κ2) is 5.12. The van der Waals surface area contributed by atoms with Crippen LogP contribution in [0.5, 0.6) is 0 Å². The van der Waals surface area contributed by atoms with Crippen molar-refractivity contribution in [3.05, 3.63) is 17.0 Å². The number of rotatable bonds is 3. The zero-order valence-electron chi connectivity index (χ0n) is 11.6. The highest BCUT2D eigenvalue weighted by atomic mass is 16.1. The Labute approximate surface area is 109 Å². The lowest BCUT2D eigenvalue weighted by Crippen LogP contribution is -2.37. The van der Waals surface area contributed by atoms with Gasteiger partial charge in [-0.1, -0.05) is 26.2 Å². The Bertz CT molecular complexity index is 411. The van der Waals surface area contributed by atoms with Crippen molar-refractivity contribution in [2.24, 2.45) is 5.41 Å². The van der Waals surface area contributed by atoms with Gasteiger partial charge in [-0.05, 0) is 32.1 Å². The number of aromatic nitrogens is 2. The lowest BCUT2D eigenvalue weighted by molar-refractivity contribution is 0.0918. The summed E-state index contributed by atoms with van der Waals surface area (Å²) in [6, 6.07) is 0. The van der Waals surface area contributed by atoms with Gasteiger partial charge in [0.2, 0.25) is 0 Å². The van der Waals surface area contributed by atoms with E-state index in [4.69, 9.17) is 0 Å². The number of H-pyrrole nitrogens is 1. The summed E-state index contributed by atoms with van der Waals surface area (Å²) in [5.74, 6) is 0.00514. The Balaban J connectivity index is 1.96. The average molecular weight is 249 g/mol. The molecule has 0 aliphatic heterocycles. The van der Waals surface area contributed by atoms with E-state index in [0.29, 0.717) is 5.56 Å². The van der Waals surface area contributed by atoms with Crippen molar-refractivity contribution in [1.82, 2.24) is 15.5 Å². The lowest BCUT2D eigenvalue weighted by atomic mass is 9.76. The molecule has 1 heterocycles. The van der Waals surface area contributed by atoms with E-state index in [9.17, 15) is 4.79 Å². The molecule has 0 radical (unpaired) electrons. The van der Waals surface area contributed by atoms with Crippen LogP contribution in [-0.2, 0) is 0 Å². The maximum atomic E-state index is 12.2. The Hall–Kier alpha value is -1.32. The first-order chi connectivity index (χ1) is 8.52. The van der Waals surface area contributed by atoms with Gasteiger partial charge in [0.1, 0.15) is 0 Å². The molecule has 1 saturated carbocycles. The smallest absolute Gasteiger partial charge is 0.255 e. The monoisotopic (exact) mass is 249 g/mol. The molecule has 1 aromatic heterocycles. The van der Waals surface area contributed by atoms with Gasteiger partial charge in [-0.2, -0.15) is 5.10 Å². The molecule has 1 aromatic rings. The number of carbonyl (C=O) groups excluding carboxylic acids is 1. The molecule has 4 heteroatoms. The molecule has 1 fully saturated rings. The van der Waals surface area contributed by atoms with Crippen LogP contribution in [0.25, 0.3) is 0 Å². The van der Waals surface area contributed by atoms with Gasteiger partial charge in [0, 0.05) is 12.2 Å². The van der Waals surface area contributed by atoms with Gasteiger partial charge < -0.3 is 5.32 Å². The van der Waals surface area contributed by atoms with Crippen LogP contribution in [0, 0.1) is 19.3 Å². The minimum absolute atomic E-state index is 0.00514. The number of nitrogens with zero attached hydrogens (tertiary/aromatic N) is 1. The zero-order valence-corrected chi connectivity index (χ0v) is 11.6. The second-order valence-corrected chi connectivity index (χ2v) is 5.86. The van der Waals surface area contributed by atoms with Gasteiger partial charge in [0.05, 0.1) is 11.3 Å². The fourth-order valence-electron chi connectivity index (χ4n) is 2.85. The molecule has 1 aliphatic carbocycles. The van der Waals surface area contributed by atoms with E-state index >= 15 is 0 Å². The van der Waals surface area contributed by atoms with E-state index in [2.05, 4.69) is 22.4 Å². The van der Waals surface area contributed by atoms with Gasteiger partial charge in [0.15, 0.2) is 0 Å². The first kappa shape index (κ1) is 13.1. The van der Waals surface area contributed by atoms with Crippen molar-refractivity contribution in [3.8, 4) is 0 Å². The summed E-state index contributed by atoms with van der Waals surface area (Å²) in [5.41, 5.74) is 2.60. The largest absolute Gasteiger partial charge is 0.351 e. The van der Waals surface area contributed by atoms with E-state index in [1.165, 1.54) is 32.1 Å². The standard InChI is InChI=1S/C14H23N3O/c1-10-12(11(2)17-16-10)13(18)15-9-14(3)7-5-4-6-8-14/h4-9H2,1-3H3,(H,15,18)(H,16,17). The summed E-state index contributed by atoms with van der Waals surface area (Å²) in [5, 5.41) is 10.00. The number of amides is 1. The van der Waals surface area contributed by atoms with E-state index in [1.807, 2.05) is 13.8 Å². The van der Waals surface area contributed by atoms with Gasteiger partial charge >= 0.3 is 0 Å². The van der Waals surface area contributed by atoms with E-state index in [-0.39, 0.29) is 11.3 Å².